The molecule has 13 nitrogen and oxygen atoms in total. The van der Waals surface area contributed by atoms with Gasteiger partial charge in [-0.2, -0.15) is 0 Å². The first kappa shape index (κ1) is 30.4. The number of nitro benzene ring substituents is 1. The number of hydrogen-bond donors (Lipinski definition) is 4. The third-order valence-electron chi connectivity index (χ3n) is 6.03. The van der Waals surface area contributed by atoms with E-state index in [1.807, 2.05) is 13.8 Å². The number of benzene rings is 1. The van der Waals surface area contributed by atoms with E-state index in [2.05, 4.69) is 16.0 Å². The number of amides is 5. The number of carbonyl (C=O) groups excluding carboxylic acids is 5. The number of aliphatic hydroxyl groups excluding tert-OH is 1. The average Bonchev–Trinajstić information content (AvgIpc) is 3.14. The summed E-state index contributed by atoms with van der Waals surface area (Å²) in [5.41, 5.74) is 0.157. The van der Waals surface area contributed by atoms with E-state index in [1.54, 1.807) is 13.8 Å². The quantitative estimate of drug-likeness (QED) is 0.175. The van der Waals surface area contributed by atoms with Crippen molar-refractivity contribution in [2.45, 2.75) is 78.1 Å². The highest BCUT2D eigenvalue weighted by molar-refractivity contribution is 6.06. The van der Waals surface area contributed by atoms with Crippen LogP contribution in [0.25, 0.3) is 0 Å². The topological polar surface area (TPSA) is 188 Å². The third-order valence-corrected chi connectivity index (χ3v) is 6.03. The molecule has 1 aromatic carbocycles. The van der Waals surface area contributed by atoms with Crippen LogP contribution in [0.4, 0.5) is 11.4 Å². The lowest BCUT2D eigenvalue weighted by Crippen LogP contribution is -2.60. The SMILES string of the molecule is CC(C)C[C@H](NC(=O)[C@H]([C@@H](C)O)N1C(=O)CCC1=O)C(=O)N[C@H](C(=O)Nc1ccc([N+](=O)[O-])cc1)C(C)C. The molecule has 5 amide bonds. The largest absolute Gasteiger partial charge is 0.391 e. The second-order valence-corrected chi connectivity index (χ2v) is 10.1. The molecule has 1 aromatic rings. The Morgan fingerprint density at radius 3 is 1.95 bits per heavy atom. The fraction of sp³-hybridized carbons (Fsp3) is 0.560. The number of non-ortho nitro benzene ring substituents is 1. The van der Waals surface area contributed by atoms with E-state index in [-0.39, 0.29) is 36.8 Å². The van der Waals surface area contributed by atoms with Crippen molar-refractivity contribution in [3.8, 4) is 0 Å². The molecule has 0 saturated carbocycles. The van der Waals surface area contributed by atoms with Crippen molar-refractivity contribution in [2.24, 2.45) is 11.8 Å². The Labute approximate surface area is 220 Å². The fourth-order valence-corrected chi connectivity index (χ4v) is 4.09. The minimum atomic E-state index is -1.49. The minimum Gasteiger partial charge on any atom is -0.391 e. The summed E-state index contributed by atoms with van der Waals surface area (Å²) in [7, 11) is 0. The van der Waals surface area contributed by atoms with Crippen molar-refractivity contribution in [2.75, 3.05) is 5.32 Å². The van der Waals surface area contributed by atoms with E-state index in [9.17, 15) is 39.2 Å². The molecule has 0 radical (unpaired) electrons. The molecule has 0 aliphatic carbocycles. The van der Waals surface area contributed by atoms with E-state index < -0.39 is 58.7 Å². The molecule has 1 heterocycles. The monoisotopic (exact) mass is 533 g/mol. The van der Waals surface area contributed by atoms with Crippen molar-refractivity contribution in [3.05, 3.63) is 34.4 Å². The van der Waals surface area contributed by atoms with Crippen LogP contribution < -0.4 is 16.0 Å². The molecule has 1 fully saturated rings. The van der Waals surface area contributed by atoms with E-state index in [0.717, 1.165) is 4.90 Å². The molecule has 1 aliphatic rings. The van der Waals surface area contributed by atoms with Crippen LogP contribution in [0.3, 0.4) is 0 Å². The first-order valence-corrected chi connectivity index (χ1v) is 12.4. The maximum atomic E-state index is 13.3. The molecule has 208 valence electrons. The van der Waals surface area contributed by atoms with Crippen LogP contribution in [-0.4, -0.2) is 68.7 Å². The number of nitrogens with one attached hydrogen (secondary N) is 3. The zero-order chi connectivity index (χ0) is 28.7. The van der Waals surface area contributed by atoms with Crippen molar-refractivity contribution in [1.29, 1.82) is 0 Å². The minimum absolute atomic E-state index is 0.0578. The molecule has 38 heavy (non-hydrogen) atoms. The van der Waals surface area contributed by atoms with Gasteiger partial charge in [0.15, 0.2) is 0 Å². The molecule has 0 unspecified atom stereocenters. The van der Waals surface area contributed by atoms with Gasteiger partial charge in [0.25, 0.3) is 5.69 Å². The fourth-order valence-electron chi connectivity index (χ4n) is 4.09. The highest BCUT2D eigenvalue weighted by atomic mass is 16.6. The van der Waals surface area contributed by atoms with E-state index >= 15 is 0 Å². The van der Waals surface area contributed by atoms with Crippen LogP contribution >= 0.6 is 0 Å². The maximum Gasteiger partial charge on any atom is 0.269 e. The van der Waals surface area contributed by atoms with E-state index in [4.69, 9.17) is 0 Å². The van der Waals surface area contributed by atoms with Gasteiger partial charge in [-0.25, -0.2) is 0 Å². The number of rotatable bonds is 12. The lowest BCUT2D eigenvalue weighted by molar-refractivity contribution is -0.384. The van der Waals surface area contributed by atoms with Gasteiger partial charge in [-0.1, -0.05) is 27.7 Å². The maximum absolute atomic E-state index is 13.3. The summed E-state index contributed by atoms with van der Waals surface area (Å²) in [6.45, 7) is 8.35. The normalized spacial score (nSPS) is 16.7. The summed E-state index contributed by atoms with van der Waals surface area (Å²) in [6.07, 6.45) is -1.32. The van der Waals surface area contributed by atoms with Crippen molar-refractivity contribution >= 4 is 40.9 Å². The number of nitrogens with zero attached hydrogens (tertiary/aromatic N) is 2. The van der Waals surface area contributed by atoms with Gasteiger partial charge in [0, 0.05) is 30.7 Å². The molecule has 2 rings (SSSR count). The van der Waals surface area contributed by atoms with Crippen LogP contribution in [-0.2, 0) is 24.0 Å². The van der Waals surface area contributed by atoms with Crippen LogP contribution in [0.5, 0.6) is 0 Å². The molecular weight excluding hydrogens is 498 g/mol. The molecule has 1 aliphatic heterocycles. The first-order valence-electron chi connectivity index (χ1n) is 12.4. The van der Waals surface area contributed by atoms with Gasteiger partial charge >= 0.3 is 0 Å². The Balaban J connectivity index is 2.19. The van der Waals surface area contributed by atoms with Crippen molar-refractivity contribution in [3.63, 3.8) is 0 Å². The number of imide groups is 1. The number of carbonyl (C=O) groups is 5. The van der Waals surface area contributed by atoms with Gasteiger partial charge in [-0.05, 0) is 37.3 Å². The number of aliphatic hydroxyl groups is 1. The average molecular weight is 534 g/mol. The summed E-state index contributed by atoms with van der Waals surface area (Å²) in [5.74, 6) is -3.66. The van der Waals surface area contributed by atoms with Gasteiger partial charge < -0.3 is 21.1 Å². The highest BCUT2D eigenvalue weighted by Gasteiger charge is 2.42. The summed E-state index contributed by atoms with van der Waals surface area (Å²) in [5, 5.41) is 28.8. The van der Waals surface area contributed by atoms with Crippen molar-refractivity contribution in [1.82, 2.24) is 15.5 Å². The van der Waals surface area contributed by atoms with E-state index in [1.165, 1.54) is 31.2 Å². The predicted octanol–water partition coefficient (Wildman–Crippen LogP) is 1.10. The number of likely N-dealkylation sites (tertiary alicyclic amines) is 1. The molecule has 4 N–H and O–H groups in total. The van der Waals surface area contributed by atoms with Crippen LogP contribution in [0, 0.1) is 22.0 Å². The zero-order valence-corrected chi connectivity index (χ0v) is 22.1. The Morgan fingerprint density at radius 1 is 0.947 bits per heavy atom. The van der Waals surface area contributed by atoms with Crippen molar-refractivity contribution < 1.29 is 34.0 Å². The molecule has 13 heteroatoms. The van der Waals surface area contributed by atoms with Gasteiger partial charge in [0.2, 0.25) is 29.5 Å². The second-order valence-electron chi connectivity index (χ2n) is 10.1. The molecular formula is C25H35N5O8. The van der Waals surface area contributed by atoms with Gasteiger partial charge in [-0.3, -0.25) is 39.0 Å². The Kier molecular flexibility index (Phi) is 10.5. The lowest BCUT2D eigenvalue weighted by atomic mass is 9.99. The molecule has 0 aromatic heterocycles. The van der Waals surface area contributed by atoms with E-state index in [0.29, 0.717) is 5.69 Å². The Morgan fingerprint density at radius 2 is 1.50 bits per heavy atom. The van der Waals surface area contributed by atoms with Gasteiger partial charge in [-0.15, -0.1) is 0 Å². The second kappa shape index (κ2) is 13.1. The van der Waals surface area contributed by atoms with Crippen LogP contribution in [0.2, 0.25) is 0 Å². The van der Waals surface area contributed by atoms with Gasteiger partial charge in [0.05, 0.1) is 11.0 Å². The number of hydrogen-bond acceptors (Lipinski definition) is 8. The standard InChI is InChI=1S/C25H35N5O8/c1-13(2)12-18(27-25(36)22(15(5)31)29-19(32)10-11-20(29)33)23(34)28-21(14(3)4)24(35)26-16-6-8-17(9-7-16)30(37)38/h6-9,13-15,18,21-22,31H,10-12H2,1-5H3,(H,26,35)(H,27,36)(H,28,34)/t15-,18+,21+,22+/m1/s1. The number of anilines is 1. The summed E-state index contributed by atoms with van der Waals surface area (Å²) in [4.78, 5) is 74.7. The zero-order valence-electron chi connectivity index (χ0n) is 22.1. The molecule has 4 atom stereocenters. The Bertz CT molecular complexity index is 1050. The highest BCUT2D eigenvalue weighted by Crippen LogP contribution is 2.19. The third kappa shape index (κ3) is 7.81. The molecule has 0 spiro atoms. The predicted molar refractivity (Wildman–Crippen MR) is 136 cm³/mol. The molecule has 1 saturated heterocycles. The summed E-state index contributed by atoms with van der Waals surface area (Å²) >= 11 is 0. The van der Waals surface area contributed by atoms with Crippen LogP contribution in [0.1, 0.15) is 53.9 Å². The molecule has 0 bridgehead atoms. The first-order chi connectivity index (χ1) is 17.7. The smallest absolute Gasteiger partial charge is 0.269 e. The lowest BCUT2D eigenvalue weighted by Gasteiger charge is -2.30. The Hall–Kier alpha value is -3.87. The number of nitro groups is 1. The summed E-state index contributed by atoms with van der Waals surface area (Å²) in [6, 6.07) is 1.58. The van der Waals surface area contributed by atoms with Gasteiger partial charge in [0.1, 0.15) is 18.1 Å². The van der Waals surface area contributed by atoms with Crippen LogP contribution in [0.15, 0.2) is 24.3 Å². The summed E-state index contributed by atoms with van der Waals surface area (Å²) < 4.78 is 0.